The Balaban J connectivity index is 1.93. The molecule has 168 valence electrons. The number of carbonyl (C=O) groups is 1. The van der Waals surface area contributed by atoms with Crippen LogP contribution in [-0.4, -0.2) is 29.9 Å². The lowest BCUT2D eigenvalue weighted by Gasteiger charge is -2.15. The fourth-order valence-electron chi connectivity index (χ4n) is 3.63. The monoisotopic (exact) mass is 444 g/mol. The summed E-state index contributed by atoms with van der Waals surface area (Å²) >= 11 is 0. The van der Waals surface area contributed by atoms with Crippen LogP contribution < -0.4 is 19.9 Å². The van der Waals surface area contributed by atoms with Gasteiger partial charge in [-0.2, -0.15) is 0 Å². The molecule has 0 saturated heterocycles. The summed E-state index contributed by atoms with van der Waals surface area (Å²) in [6, 6.07) is 15.7. The van der Waals surface area contributed by atoms with Gasteiger partial charge in [0.05, 0.1) is 30.7 Å². The van der Waals surface area contributed by atoms with Crippen molar-refractivity contribution in [3.05, 3.63) is 87.2 Å². The number of hydrogen-bond donors (Lipinski definition) is 0. The summed E-state index contributed by atoms with van der Waals surface area (Å²) in [6.07, 6.45) is 0. The number of rotatable bonds is 5. The van der Waals surface area contributed by atoms with Crippen molar-refractivity contribution >= 4 is 16.9 Å². The van der Waals surface area contributed by atoms with E-state index in [0.29, 0.717) is 33.5 Å². The van der Waals surface area contributed by atoms with Gasteiger partial charge in [-0.1, -0.05) is 18.2 Å². The molecule has 0 aliphatic carbocycles. The standard InChI is InChI=1S/C26H24N2O5/c1-15-10-17(3)22(11-16(15)2)26(30)33-28-24(18-12-19(31-4)14-20(13-18)32-5)27-23-9-7-6-8-21(23)25(28)29/h6-14H,1-5H3. The highest BCUT2D eigenvalue weighted by Crippen LogP contribution is 2.29. The first-order valence-electron chi connectivity index (χ1n) is 10.4. The van der Waals surface area contributed by atoms with Crippen LogP contribution in [0.5, 0.6) is 11.5 Å². The van der Waals surface area contributed by atoms with Crippen molar-refractivity contribution in [3.8, 4) is 22.9 Å². The van der Waals surface area contributed by atoms with E-state index in [1.165, 1.54) is 14.2 Å². The van der Waals surface area contributed by atoms with Crippen molar-refractivity contribution in [1.29, 1.82) is 0 Å². The predicted octanol–water partition coefficient (Wildman–Crippen LogP) is 4.27. The van der Waals surface area contributed by atoms with Gasteiger partial charge < -0.3 is 14.3 Å². The summed E-state index contributed by atoms with van der Waals surface area (Å²) in [4.78, 5) is 36.8. The zero-order valence-electron chi connectivity index (χ0n) is 19.1. The van der Waals surface area contributed by atoms with Gasteiger partial charge in [0.2, 0.25) is 0 Å². The highest BCUT2D eigenvalue weighted by molar-refractivity contribution is 5.92. The molecule has 1 aromatic heterocycles. The number of fused-ring (bicyclic) bond motifs is 1. The molecule has 1 heterocycles. The molecular weight excluding hydrogens is 420 g/mol. The van der Waals surface area contributed by atoms with Gasteiger partial charge >= 0.3 is 5.97 Å². The number of carbonyl (C=O) groups excluding carboxylic acids is 1. The number of hydrogen-bond acceptors (Lipinski definition) is 6. The zero-order chi connectivity index (χ0) is 23.7. The van der Waals surface area contributed by atoms with E-state index in [1.54, 1.807) is 48.5 Å². The minimum atomic E-state index is -0.647. The van der Waals surface area contributed by atoms with Gasteiger partial charge in [0.15, 0.2) is 5.82 Å². The molecule has 4 aromatic rings. The van der Waals surface area contributed by atoms with Gasteiger partial charge in [0.1, 0.15) is 11.5 Å². The quantitative estimate of drug-likeness (QED) is 0.457. The molecule has 0 N–H and O–H groups in total. The molecule has 3 aromatic carbocycles. The molecular formula is C26H24N2O5. The van der Waals surface area contributed by atoms with Crippen molar-refractivity contribution in [2.24, 2.45) is 0 Å². The lowest BCUT2D eigenvalue weighted by atomic mass is 10.0. The van der Waals surface area contributed by atoms with Crippen molar-refractivity contribution < 1.29 is 19.1 Å². The van der Waals surface area contributed by atoms with Gasteiger partial charge in [-0.25, -0.2) is 9.78 Å². The second-order valence-electron chi connectivity index (χ2n) is 7.78. The van der Waals surface area contributed by atoms with Crippen molar-refractivity contribution in [2.45, 2.75) is 20.8 Å². The molecule has 0 amide bonds. The Hall–Kier alpha value is -4.13. The van der Waals surface area contributed by atoms with Crippen LogP contribution >= 0.6 is 0 Å². The molecule has 0 unspecified atom stereocenters. The van der Waals surface area contributed by atoms with E-state index in [9.17, 15) is 9.59 Å². The highest BCUT2D eigenvalue weighted by atomic mass is 16.7. The molecule has 0 radical (unpaired) electrons. The minimum Gasteiger partial charge on any atom is -0.497 e. The van der Waals surface area contributed by atoms with E-state index in [1.807, 2.05) is 26.8 Å². The molecule has 0 aliphatic heterocycles. The van der Waals surface area contributed by atoms with Crippen molar-refractivity contribution in [1.82, 2.24) is 9.71 Å². The zero-order valence-corrected chi connectivity index (χ0v) is 19.1. The van der Waals surface area contributed by atoms with Crippen LogP contribution in [0.1, 0.15) is 27.0 Å². The van der Waals surface area contributed by atoms with Crippen LogP contribution in [0.15, 0.2) is 59.4 Å². The van der Waals surface area contributed by atoms with Crippen molar-refractivity contribution in [2.75, 3.05) is 14.2 Å². The third-order valence-electron chi connectivity index (χ3n) is 5.58. The summed E-state index contributed by atoms with van der Waals surface area (Å²) in [5.41, 5.74) is 3.65. The Morgan fingerprint density at radius 2 is 1.48 bits per heavy atom. The first-order chi connectivity index (χ1) is 15.8. The Kier molecular flexibility index (Phi) is 5.87. The third-order valence-corrected chi connectivity index (χ3v) is 5.58. The van der Waals surface area contributed by atoms with E-state index in [-0.39, 0.29) is 5.82 Å². The van der Waals surface area contributed by atoms with Gasteiger partial charge in [-0.05, 0) is 67.8 Å². The topological polar surface area (TPSA) is 79.7 Å². The lowest BCUT2D eigenvalue weighted by molar-refractivity contribution is 0.0448. The second-order valence-corrected chi connectivity index (χ2v) is 7.78. The number of para-hydroxylation sites is 1. The maximum Gasteiger partial charge on any atom is 0.364 e. The molecule has 7 nitrogen and oxygen atoms in total. The Bertz CT molecular complexity index is 1420. The maximum atomic E-state index is 13.4. The molecule has 0 fully saturated rings. The van der Waals surface area contributed by atoms with Gasteiger partial charge in [0.25, 0.3) is 5.56 Å². The van der Waals surface area contributed by atoms with E-state index < -0.39 is 11.5 Å². The molecule has 0 saturated carbocycles. The second kappa shape index (κ2) is 8.78. The maximum absolute atomic E-state index is 13.4. The third kappa shape index (κ3) is 4.17. The molecule has 33 heavy (non-hydrogen) atoms. The molecule has 4 rings (SSSR count). The Morgan fingerprint density at radius 1 is 0.848 bits per heavy atom. The van der Waals surface area contributed by atoms with Gasteiger partial charge in [-0.3, -0.25) is 4.79 Å². The van der Waals surface area contributed by atoms with Crippen LogP contribution in [-0.2, 0) is 0 Å². The van der Waals surface area contributed by atoms with E-state index in [2.05, 4.69) is 4.98 Å². The number of methoxy groups -OCH3 is 2. The summed E-state index contributed by atoms with van der Waals surface area (Å²) < 4.78 is 11.7. The van der Waals surface area contributed by atoms with E-state index in [4.69, 9.17) is 14.3 Å². The average Bonchev–Trinajstić information content (AvgIpc) is 2.82. The smallest absolute Gasteiger partial charge is 0.364 e. The van der Waals surface area contributed by atoms with Crippen LogP contribution in [0.25, 0.3) is 22.3 Å². The molecule has 0 bridgehead atoms. The Labute approximate surface area is 191 Å². The van der Waals surface area contributed by atoms with E-state index in [0.717, 1.165) is 21.4 Å². The SMILES string of the molecule is COc1cc(OC)cc(-c2nc3ccccc3c(=O)n2OC(=O)c2cc(C)c(C)cc2C)c1. The van der Waals surface area contributed by atoms with Gasteiger partial charge in [-0.15, -0.1) is 4.73 Å². The van der Waals surface area contributed by atoms with Crippen LogP contribution in [0, 0.1) is 20.8 Å². The average molecular weight is 444 g/mol. The fourth-order valence-corrected chi connectivity index (χ4v) is 3.63. The number of aromatic nitrogens is 2. The van der Waals surface area contributed by atoms with Gasteiger partial charge in [0, 0.05) is 11.6 Å². The summed E-state index contributed by atoms with van der Waals surface area (Å²) in [5.74, 6) is 0.529. The fraction of sp³-hybridized carbons (Fsp3) is 0.192. The van der Waals surface area contributed by atoms with Crippen LogP contribution in [0.4, 0.5) is 0 Å². The normalized spacial score (nSPS) is 10.8. The molecule has 7 heteroatoms. The van der Waals surface area contributed by atoms with Crippen LogP contribution in [0.3, 0.4) is 0 Å². The summed E-state index contributed by atoms with van der Waals surface area (Å²) in [5, 5.41) is 0.334. The highest BCUT2D eigenvalue weighted by Gasteiger charge is 2.20. The Morgan fingerprint density at radius 3 is 2.15 bits per heavy atom. The predicted molar refractivity (Wildman–Crippen MR) is 126 cm³/mol. The lowest BCUT2D eigenvalue weighted by Crippen LogP contribution is -2.33. The number of ether oxygens (including phenoxy) is 2. The summed E-state index contributed by atoms with van der Waals surface area (Å²) in [6.45, 7) is 5.73. The number of nitrogens with zero attached hydrogens (tertiary/aromatic N) is 2. The first kappa shape index (κ1) is 22.1. The van der Waals surface area contributed by atoms with Crippen LogP contribution in [0.2, 0.25) is 0 Å². The molecule has 0 spiro atoms. The van der Waals surface area contributed by atoms with Crippen molar-refractivity contribution in [3.63, 3.8) is 0 Å². The largest absolute Gasteiger partial charge is 0.497 e. The van der Waals surface area contributed by atoms with E-state index >= 15 is 0 Å². The summed E-state index contributed by atoms with van der Waals surface area (Å²) in [7, 11) is 3.06. The molecule has 0 aliphatic rings. The first-order valence-corrected chi connectivity index (χ1v) is 10.4. The molecule has 0 atom stereocenters. The minimum absolute atomic E-state index is 0.158. The number of aryl methyl sites for hydroxylation is 3. The number of benzene rings is 3.